The summed E-state index contributed by atoms with van der Waals surface area (Å²) in [4.78, 5) is 49.7. The van der Waals surface area contributed by atoms with Crippen LogP contribution in [0, 0.1) is 0 Å². The molecule has 0 spiro atoms. The third kappa shape index (κ3) is 6.04. The van der Waals surface area contributed by atoms with Crippen molar-refractivity contribution >= 4 is 40.9 Å². The lowest BCUT2D eigenvalue weighted by atomic mass is 10.1. The van der Waals surface area contributed by atoms with E-state index in [-0.39, 0.29) is 23.6 Å². The molecule has 2 amide bonds. The number of ether oxygens (including phenoxy) is 3. The molecule has 0 aromatic heterocycles. The van der Waals surface area contributed by atoms with E-state index in [1.165, 1.54) is 26.4 Å². The minimum atomic E-state index is -1.000. The highest BCUT2D eigenvalue weighted by Gasteiger charge is 2.35. The normalized spacial score (nSPS) is 14.1. The molecule has 1 fully saturated rings. The summed E-state index contributed by atoms with van der Waals surface area (Å²) in [7, 11) is 2.77. The summed E-state index contributed by atoms with van der Waals surface area (Å²) >= 11 is 0.832. The predicted octanol–water partition coefficient (Wildman–Crippen LogP) is 5.00. The minimum Gasteiger partial charge on any atom is -0.493 e. The lowest BCUT2D eigenvalue weighted by Crippen LogP contribution is -2.27. The van der Waals surface area contributed by atoms with E-state index in [1.807, 2.05) is 0 Å². The Morgan fingerprint density at radius 1 is 0.921 bits per heavy atom. The van der Waals surface area contributed by atoms with E-state index in [0.717, 1.165) is 22.2 Å². The van der Waals surface area contributed by atoms with E-state index < -0.39 is 23.1 Å². The van der Waals surface area contributed by atoms with E-state index in [0.29, 0.717) is 28.2 Å². The van der Waals surface area contributed by atoms with Crippen LogP contribution in [0.3, 0.4) is 0 Å². The Bertz CT molecular complexity index is 1430. The molecule has 0 atom stereocenters. The van der Waals surface area contributed by atoms with Gasteiger partial charge in [-0.3, -0.25) is 14.5 Å². The van der Waals surface area contributed by atoms with Gasteiger partial charge in [0.1, 0.15) is 6.61 Å². The Labute approximate surface area is 222 Å². The summed E-state index contributed by atoms with van der Waals surface area (Å²) in [5, 5.41) is 8.61. The quantitative estimate of drug-likeness (QED) is 0.299. The number of benzene rings is 3. The molecule has 1 heterocycles. The molecule has 9 nitrogen and oxygen atoms in total. The monoisotopic (exact) mass is 533 g/mol. The van der Waals surface area contributed by atoms with Crippen molar-refractivity contribution in [2.24, 2.45) is 0 Å². The number of thioether (sulfide) groups is 1. The number of hydrogen-bond donors (Lipinski definition) is 1. The largest absolute Gasteiger partial charge is 0.493 e. The van der Waals surface area contributed by atoms with Crippen LogP contribution in [0.2, 0.25) is 0 Å². The summed E-state index contributed by atoms with van der Waals surface area (Å²) in [5.41, 5.74) is 2.57. The Hall–Kier alpha value is -4.57. The average molecular weight is 534 g/mol. The zero-order valence-electron chi connectivity index (χ0n) is 20.5. The highest BCUT2D eigenvalue weighted by atomic mass is 32.2. The first-order valence-corrected chi connectivity index (χ1v) is 12.2. The first kappa shape index (κ1) is 26.5. The van der Waals surface area contributed by atoms with E-state index in [4.69, 9.17) is 19.3 Å². The third-order valence-corrected chi connectivity index (χ3v) is 6.55. The summed E-state index contributed by atoms with van der Waals surface area (Å²) in [6.45, 7) is 0.224. The molecule has 1 saturated heterocycles. The van der Waals surface area contributed by atoms with Gasteiger partial charge in [0.2, 0.25) is 0 Å². The average Bonchev–Trinajstić information content (AvgIpc) is 3.19. The summed E-state index contributed by atoms with van der Waals surface area (Å²) < 4.78 is 16.0. The maximum absolute atomic E-state index is 13.0. The van der Waals surface area contributed by atoms with Gasteiger partial charge in [-0.15, -0.1) is 0 Å². The van der Waals surface area contributed by atoms with Crippen molar-refractivity contribution in [3.63, 3.8) is 0 Å². The van der Waals surface area contributed by atoms with E-state index >= 15 is 0 Å². The van der Waals surface area contributed by atoms with Gasteiger partial charge in [0.15, 0.2) is 11.5 Å². The predicted molar refractivity (Wildman–Crippen MR) is 140 cm³/mol. The standard InChI is InChI=1S/C28H23NO8S/c1-35-23-13-18(8-11-22(23)37-16-17-6-9-20(10-7-17)26(31)32)14-24-25(30)29(28(34)38-24)15-19-4-3-5-21(12-19)27(33)36-2/h3-14H,15-16H2,1-2H3,(H,31,32)/b24-14-. The van der Waals surface area contributed by atoms with Crippen molar-refractivity contribution in [3.05, 3.63) is 99.5 Å². The number of esters is 1. The van der Waals surface area contributed by atoms with Crippen molar-refractivity contribution in [1.29, 1.82) is 0 Å². The third-order valence-electron chi connectivity index (χ3n) is 5.64. The Morgan fingerprint density at radius 2 is 1.68 bits per heavy atom. The number of imide groups is 1. The van der Waals surface area contributed by atoms with Crippen LogP contribution in [0.4, 0.5) is 4.79 Å². The number of carboxylic acids is 1. The first-order chi connectivity index (χ1) is 18.3. The van der Waals surface area contributed by atoms with Gasteiger partial charge in [-0.25, -0.2) is 9.59 Å². The van der Waals surface area contributed by atoms with Crippen LogP contribution in [0.25, 0.3) is 6.08 Å². The molecule has 3 aromatic carbocycles. The molecule has 0 unspecified atom stereocenters. The topological polar surface area (TPSA) is 119 Å². The van der Waals surface area contributed by atoms with Crippen molar-refractivity contribution in [3.8, 4) is 11.5 Å². The van der Waals surface area contributed by atoms with Gasteiger partial charge < -0.3 is 19.3 Å². The second-order valence-corrected chi connectivity index (χ2v) is 9.15. The summed E-state index contributed by atoms with van der Waals surface area (Å²) in [6.07, 6.45) is 1.60. The Balaban J connectivity index is 1.46. The highest BCUT2D eigenvalue weighted by molar-refractivity contribution is 8.18. The molecule has 3 aromatic rings. The van der Waals surface area contributed by atoms with Crippen molar-refractivity contribution in [1.82, 2.24) is 4.90 Å². The van der Waals surface area contributed by atoms with Crippen LogP contribution in [0.15, 0.2) is 71.6 Å². The van der Waals surface area contributed by atoms with E-state index in [1.54, 1.807) is 60.7 Å². The lowest BCUT2D eigenvalue weighted by molar-refractivity contribution is -0.123. The molecular weight excluding hydrogens is 510 g/mol. The van der Waals surface area contributed by atoms with E-state index in [2.05, 4.69) is 0 Å². The van der Waals surface area contributed by atoms with Gasteiger partial charge in [-0.2, -0.15) is 0 Å². The van der Waals surface area contributed by atoms with Crippen LogP contribution in [-0.4, -0.2) is 47.3 Å². The second kappa shape index (κ2) is 11.7. The highest BCUT2D eigenvalue weighted by Crippen LogP contribution is 2.35. The van der Waals surface area contributed by atoms with Crippen molar-refractivity contribution in [2.45, 2.75) is 13.2 Å². The molecule has 4 rings (SSSR count). The second-order valence-electron chi connectivity index (χ2n) is 8.16. The fourth-order valence-electron chi connectivity index (χ4n) is 3.68. The number of nitrogens with zero attached hydrogens (tertiary/aromatic N) is 1. The van der Waals surface area contributed by atoms with Crippen LogP contribution in [-0.2, 0) is 22.7 Å². The summed E-state index contributed by atoms with van der Waals surface area (Å²) in [5.74, 6) is -1.04. The van der Waals surface area contributed by atoms with Gasteiger partial charge in [0.25, 0.3) is 11.1 Å². The van der Waals surface area contributed by atoms with Gasteiger partial charge in [-0.05, 0) is 70.9 Å². The molecular formula is C28H23NO8S. The molecule has 1 aliphatic heterocycles. The van der Waals surface area contributed by atoms with Crippen LogP contribution < -0.4 is 9.47 Å². The SMILES string of the molecule is COC(=O)c1cccc(CN2C(=O)S/C(=C\c3ccc(OCc4ccc(C(=O)O)cc4)c(OC)c3)C2=O)c1. The molecule has 10 heteroatoms. The zero-order chi connectivity index (χ0) is 27.2. The van der Waals surface area contributed by atoms with Crippen LogP contribution in [0.5, 0.6) is 11.5 Å². The molecule has 0 saturated carbocycles. The first-order valence-electron chi connectivity index (χ1n) is 11.3. The van der Waals surface area contributed by atoms with Gasteiger partial charge in [0, 0.05) is 0 Å². The Morgan fingerprint density at radius 3 is 2.37 bits per heavy atom. The molecule has 38 heavy (non-hydrogen) atoms. The molecule has 0 aliphatic carbocycles. The van der Waals surface area contributed by atoms with Crippen LogP contribution >= 0.6 is 11.8 Å². The molecule has 1 N–H and O–H groups in total. The number of methoxy groups -OCH3 is 2. The maximum Gasteiger partial charge on any atom is 0.337 e. The van der Waals surface area contributed by atoms with Gasteiger partial charge in [0.05, 0.1) is 36.8 Å². The van der Waals surface area contributed by atoms with Gasteiger partial charge >= 0.3 is 11.9 Å². The number of rotatable bonds is 9. The zero-order valence-corrected chi connectivity index (χ0v) is 21.3. The van der Waals surface area contributed by atoms with Gasteiger partial charge in [-0.1, -0.05) is 30.3 Å². The lowest BCUT2D eigenvalue weighted by Gasteiger charge is -2.13. The molecule has 0 bridgehead atoms. The number of carbonyl (C=O) groups excluding carboxylic acids is 3. The number of aromatic carboxylic acids is 1. The number of carboxylic acid groups (broad SMARTS) is 1. The van der Waals surface area contributed by atoms with Crippen LogP contribution in [0.1, 0.15) is 37.4 Å². The molecule has 194 valence electrons. The fourth-order valence-corrected chi connectivity index (χ4v) is 4.52. The van der Waals surface area contributed by atoms with Crippen molar-refractivity contribution in [2.75, 3.05) is 14.2 Å². The number of carbonyl (C=O) groups is 4. The van der Waals surface area contributed by atoms with E-state index in [9.17, 15) is 19.2 Å². The fraction of sp³-hybridized carbons (Fsp3) is 0.143. The molecule has 0 radical (unpaired) electrons. The smallest absolute Gasteiger partial charge is 0.337 e. The van der Waals surface area contributed by atoms with Crippen molar-refractivity contribution < 1.29 is 38.5 Å². The molecule has 1 aliphatic rings. The number of amides is 2. The minimum absolute atomic E-state index is 0.0242. The maximum atomic E-state index is 13.0. The summed E-state index contributed by atoms with van der Waals surface area (Å²) in [6, 6.07) is 18.0. The number of hydrogen-bond acceptors (Lipinski definition) is 8. The Kier molecular flexibility index (Phi) is 8.12.